The first-order valence-electron chi connectivity index (χ1n) is 4.93. The van der Waals surface area contributed by atoms with Gasteiger partial charge in [0.1, 0.15) is 5.82 Å². The lowest BCUT2D eigenvalue weighted by molar-refractivity contribution is 0.269. The van der Waals surface area contributed by atoms with E-state index in [9.17, 15) is 4.39 Å². The van der Waals surface area contributed by atoms with Crippen molar-refractivity contribution >= 4 is 0 Å². The summed E-state index contributed by atoms with van der Waals surface area (Å²) < 4.78 is 13.3. The highest BCUT2D eigenvalue weighted by atomic mass is 19.1. The van der Waals surface area contributed by atoms with Crippen LogP contribution in [0, 0.1) is 30.0 Å². The maximum atomic E-state index is 13.3. The molecule has 2 unspecified atom stereocenters. The largest absolute Gasteiger partial charge is 0.396 e. The van der Waals surface area contributed by atoms with Crippen LogP contribution in [-0.2, 0) is 5.41 Å². The Morgan fingerprint density at radius 3 is 2.87 bits per heavy atom. The topological polar surface area (TPSA) is 44.0 Å². The Hall–Kier alpha value is -1.40. The fraction of sp³-hybridized carbons (Fsp3) is 0.417. The van der Waals surface area contributed by atoms with Crippen LogP contribution in [-0.4, -0.2) is 11.7 Å². The first-order chi connectivity index (χ1) is 7.14. The summed E-state index contributed by atoms with van der Waals surface area (Å²) in [5.74, 6) is -0.324. The lowest BCUT2D eigenvalue weighted by Gasteiger charge is -2.09. The number of aliphatic hydroxyl groups is 1. The van der Waals surface area contributed by atoms with Gasteiger partial charge in [-0.25, -0.2) is 4.39 Å². The quantitative estimate of drug-likeness (QED) is 0.801. The molecule has 1 fully saturated rings. The molecule has 1 N–H and O–H groups in total. The molecule has 2 atom stereocenters. The summed E-state index contributed by atoms with van der Waals surface area (Å²) in [4.78, 5) is 0. The molecule has 0 bridgehead atoms. The fourth-order valence-electron chi connectivity index (χ4n) is 1.98. The highest BCUT2D eigenvalue weighted by Crippen LogP contribution is 2.53. The number of aliphatic hydroxyl groups excluding tert-OH is 1. The second-order valence-corrected chi connectivity index (χ2v) is 4.13. The average molecular weight is 205 g/mol. The normalized spacial score (nSPS) is 28.5. The lowest BCUT2D eigenvalue weighted by atomic mass is 9.94. The molecule has 1 aliphatic rings. The van der Waals surface area contributed by atoms with Crippen LogP contribution in [0.15, 0.2) is 18.2 Å². The Kier molecular flexibility index (Phi) is 2.24. The summed E-state index contributed by atoms with van der Waals surface area (Å²) in [5.41, 5.74) is 0.615. The number of halogens is 1. The number of benzene rings is 1. The number of rotatable bonds is 2. The summed E-state index contributed by atoms with van der Waals surface area (Å²) in [6.45, 7) is 1.68. The summed E-state index contributed by atoms with van der Waals surface area (Å²) in [6, 6.07) is 7.05. The Morgan fingerprint density at radius 1 is 1.67 bits per heavy atom. The van der Waals surface area contributed by atoms with E-state index in [0.29, 0.717) is 17.5 Å². The minimum atomic E-state index is -0.650. The number of hydrogen-bond donors (Lipinski definition) is 1. The predicted molar refractivity (Wildman–Crippen MR) is 53.6 cm³/mol. The van der Waals surface area contributed by atoms with E-state index in [1.807, 2.05) is 0 Å². The lowest BCUT2D eigenvalue weighted by Crippen LogP contribution is -2.09. The molecule has 0 radical (unpaired) electrons. The van der Waals surface area contributed by atoms with Crippen molar-refractivity contribution in [2.75, 3.05) is 6.61 Å². The van der Waals surface area contributed by atoms with Crippen molar-refractivity contribution < 1.29 is 9.50 Å². The van der Waals surface area contributed by atoms with Crippen LogP contribution in [0.2, 0.25) is 0 Å². The van der Waals surface area contributed by atoms with Crippen LogP contribution in [0.1, 0.15) is 17.5 Å². The van der Waals surface area contributed by atoms with E-state index < -0.39 is 5.41 Å². The molecular weight excluding hydrogens is 193 g/mol. The summed E-state index contributed by atoms with van der Waals surface area (Å²) in [6.07, 6.45) is 0.627. The molecule has 78 valence electrons. The van der Waals surface area contributed by atoms with E-state index >= 15 is 0 Å². The van der Waals surface area contributed by atoms with Gasteiger partial charge in [-0.3, -0.25) is 0 Å². The predicted octanol–water partition coefficient (Wildman–Crippen LogP) is 1.91. The van der Waals surface area contributed by atoms with Gasteiger partial charge in [0.2, 0.25) is 0 Å². The highest BCUT2D eigenvalue weighted by molar-refractivity contribution is 5.42. The van der Waals surface area contributed by atoms with Gasteiger partial charge in [-0.1, -0.05) is 12.1 Å². The molecule has 2 nitrogen and oxygen atoms in total. The number of nitriles is 1. The van der Waals surface area contributed by atoms with Gasteiger partial charge < -0.3 is 5.11 Å². The molecule has 1 aliphatic carbocycles. The molecule has 0 aliphatic heterocycles. The smallest absolute Gasteiger partial charge is 0.126 e. The SMILES string of the molecule is Cc1ccc(C2(C#N)CC2CO)cc1F. The van der Waals surface area contributed by atoms with Crippen LogP contribution in [0.3, 0.4) is 0 Å². The van der Waals surface area contributed by atoms with Crippen LogP contribution in [0.4, 0.5) is 4.39 Å². The number of nitrogens with zero attached hydrogens (tertiary/aromatic N) is 1. The minimum Gasteiger partial charge on any atom is -0.396 e. The second kappa shape index (κ2) is 3.32. The van der Waals surface area contributed by atoms with Gasteiger partial charge in [0.15, 0.2) is 0 Å². The van der Waals surface area contributed by atoms with Gasteiger partial charge in [0.25, 0.3) is 0 Å². The van der Waals surface area contributed by atoms with E-state index in [1.54, 1.807) is 19.1 Å². The minimum absolute atomic E-state index is 0.0109. The zero-order valence-corrected chi connectivity index (χ0v) is 8.50. The van der Waals surface area contributed by atoms with Gasteiger partial charge in [-0.05, 0) is 30.5 Å². The van der Waals surface area contributed by atoms with E-state index in [1.165, 1.54) is 6.07 Å². The Balaban J connectivity index is 2.39. The first kappa shape index (κ1) is 10.1. The zero-order valence-electron chi connectivity index (χ0n) is 8.50. The third-order valence-corrected chi connectivity index (χ3v) is 3.21. The molecular formula is C12H12FNO. The molecule has 15 heavy (non-hydrogen) atoms. The van der Waals surface area contributed by atoms with Gasteiger partial charge in [0, 0.05) is 12.5 Å². The van der Waals surface area contributed by atoms with Crippen LogP contribution in [0.5, 0.6) is 0 Å². The van der Waals surface area contributed by atoms with Crippen molar-refractivity contribution in [1.82, 2.24) is 0 Å². The average Bonchev–Trinajstić information content (AvgIpc) is 2.97. The zero-order chi connectivity index (χ0) is 11.1. The van der Waals surface area contributed by atoms with Crippen molar-refractivity contribution in [1.29, 1.82) is 5.26 Å². The number of hydrogen-bond acceptors (Lipinski definition) is 2. The Labute approximate surface area is 88.0 Å². The Bertz CT molecular complexity index is 438. The molecule has 3 heteroatoms. The fourth-order valence-corrected chi connectivity index (χ4v) is 1.98. The van der Waals surface area contributed by atoms with Gasteiger partial charge in [0.05, 0.1) is 11.5 Å². The molecule has 2 rings (SSSR count). The van der Waals surface area contributed by atoms with E-state index in [-0.39, 0.29) is 18.3 Å². The van der Waals surface area contributed by atoms with Gasteiger partial charge in [-0.2, -0.15) is 5.26 Å². The van der Waals surface area contributed by atoms with Crippen LogP contribution >= 0.6 is 0 Å². The Morgan fingerprint density at radius 2 is 2.40 bits per heavy atom. The van der Waals surface area contributed by atoms with Crippen molar-refractivity contribution in [2.24, 2.45) is 5.92 Å². The third-order valence-electron chi connectivity index (χ3n) is 3.21. The number of aryl methyl sites for hydroxylation is 1. The third kappa shape index (κ3) is 1.42. The summed E-state index contributed by atoms with van der Waals surface area (Å²) >= 11 is 0. The van der Waals surface area contributed by atoms with Gasteiger partial charge >= 0.3 is 0 Å². The molecule has 0 aromatic heterocycles. The van der Waals surface area contributed by atoms with E-state index in [2.05, 4.69) is 6.07 Å². The standard InChI is InChI=1S/C12H12FNO/c1-8-2-3-9(4-11(8)13)12(7-14)5-10(12)6-15/h2-4,10,15H,5-6H2,1H3. The molecule has 0 amide bonds. The molecule has 0 spiro atoms. The van der Waals surface area contributed by atoms with E-state index in [0.717, 1.165) is 0 Å². The molecule has 1 aromatic carbocycles. The molecule has 0 heterocycles. The van der Waals surface area contributed by atoms with Crippen molar-refractivity contribution in [2.45, 2.75) is 18.8 Å². The van der Waals surface area contributed by atoms with Gasteiger partial charge in [-0.15, -0.1) is 0 Å². The van der Waals surface area contributed by atoms with Crippen LogP contribution < -0.4 is 0 Å². The van der Waals surface area contributed by atoms with E-state index in [4.69, 9.17) is 10.4 Å². The molecule has 1 saturated carbocycles. The molecule has 0 saturated heterocycles. The van der Waals surface area contributed by atoms with Crippen LogP contribution in [0.25, 0.3) is 0 Å². The summed E-state index contributed by atoms with van der Waals surface area (Å²) in [5, 5.41) is 18.1. The summed E-state index contributed by atoms with van der Waals surface area (Å²) in [7, 11) is 0. The maximum Gasteiger partial charge on any atom is 0.126 e. The van der Waals surface area contributed by atoms with Crippen molar-refractivity contribution in [3.8, 4) is 6.07 Å². The highest BCUT2D eigenvalue weighted by Gasteiger charge is 2.55. The molecule has 1 aromatic rings. The van der Waals surface area contributed by atoms with Crippen molar-refractivity contribution in [3.05, 3.63) is 35.1 Å². The second-order valence-electron chi connectivity index (χ2n) is 4.13. The monoisotopic (exact) mass is 205 g/mol. The maximum absolute atomic E-state index is 13.3. The van der Waals surface area contributed by atoms with Crippen molar-refractivity contribution in [3.63, 3.8) is 0 Å². The first-order valence-corrected chi connectivity index (χ1v) is 4.93.